The van der Waals surface area contributed by atoms with Crippen LogP contribution in [-0.2, 0) is 4.74 Å². The van der Waals surface area contributed by atoms with Crippen LogP contribution in [0.15, 0.2) is 0 Å². The van der Waals surface area contributed by atoms with Gasteiger partial charge in [-0.05, 0) is 56.5 Å². The molecular weight excluding hydrogens is 186 g/mol. The maximum Gasteiger partial charge on any atom is 0.0578 e. The topological polar surface area (TPSA) is 21.3 Å². The van der Waals surface area contributed by atoms with Gasteiger partial charge in [0.05, 0.1) is 6.10 Å². The van der Waals surface area contributed by atoms with Crippen LogP contribution >= 0.6 is 0 Å². The largest absolute Gasteiger partial charge is 0.378 e. The Labute approximate surface area is 93.8 Å². The standard InChI is InChI=1S/C13H25NO/c1-3-6-14-10-11-8-13(11)5-7-15-12(4-2)9-13/h11-12,14H,3-10H2,1-2H3. The summed E-state index contributed by atoms with van der Waals surface area (Å²) in [5.74, 6) is 0.946. The molecule has 1 saturated carbocycles. The minimum atomic E-state index is 0.551. The van der Waals surface area contributed by atoms with E-state index in [-0.39, 0.29) is 0 Å². The summed E-state index contributed by atoms with van der Waals surface area (Å²) in [7, 11) is 0. The predicted molar refractivity (Wildman–Crippen MR) is 63.0 cm³/mol. The SMILES string of the molecule is CCCNCC1CC12CCOC(CC)C2. The smallest absolute Gasteiger partial charge is 0.0578 e. The molecule has 1 aliphatic heterocycles. The van der Waals surface area contributed by atoms with Crippen LogP contribution < -0.4 is 5.32 Å². The van der Waals surface area contributed by atoms with Gasteiger partial charge < -0.3 is 10.1 Å². The first kappa shape index (κ1) is 11.4. The van der Waals surface area contributed by atoms with Gasteiger partial charge in [-0.25, -0.2) is 0 Å². The molecule has 0 bridgehead atoms. The number of hydrogen-bond donors (Lipinski definition) is 1. The number of hydrogen-bond acceptors (Lipinski definition) is 2. The van der Waals surface area contributed by atoms with E-state index in [0.29, 0.717) is 11.5 Å². The molecule has 2 fully saturated rings. The fraction of sp³-hybridized carbons (Fsp3) is 1.00. The van der Waals surface area contributed by atoms with Crippen molar-refractivity contribution < 1.29 is 4.74 Å². The highest BCUT2D eigenvalue weighted by Crippen LogP contribution is 2.60. The zero-order valence-electron chi connectivity index (χ0n) is 10.2. The molecule has 1 aliphatic carbocycles. The van der Waals surface area contributed by atoms with Crippen LogP contribution in [0.1, 0.15) is 46.0 Å². The highest BCUT2D eigenvalue weighted by molar-refractivity contribution is 5.05. The molecule has 3 unspecified atom stereocenters. The Kier molecular flexibility index (Phi) is 3.68. The predicted octanol–water partition coefficient (Wildman–Crippen LogP) is 2.58. The van der Waals surface area contributed by atoms with E-state index in [0.717, 1.165) is 12.5 Å². The molecule has 2 heteroatoms. The van der Waals surface area contributed by atoms with Gasteiger partial charge in [-0.15, -0.1) is 0 Å². The van der Waals surface area contributed by atoms with E-state index in [1.54, 1.807) is 0 Å². The maximum atomic E-state index is 5.76. The fourth-order valence-electron chi connectivity index (χ4n) is 3.04. The molecule has 0 amide bonds. The van der Waals surface area contributed by atoms with E-state index >= 15 is 0 Å². The summed E-state index contributed by atoms with van der Waals surface area (Å²) in [4.78, 5) is 0. The number of rotatable bonds is 5. The molecule has 1 N–H and O–H groups in total. The van der Waals surface area contributed by atoms with Gasteiger partial charge in [-0.3, -0.25) is 0 Å². The zero-order chi connectivity index (χ0) is 10.7. The van der Waals surface area contributed by atoms with Crippen LogP contribution in [0.5, 0.6) is 0 Å². The van der Waals surface area contributed by atoms with Crippen molar-refractivity contribution in [3.63, 3.8) is 0 Å². The van der Waals surface area contributed by atoms with Gasteiger partial charge in [-0.2, -0.15) is 0 Å². The zero-order valence-corrected chi connectivity index (χ0v) is 10.2. The monoisotopic (exact) mass is 211 g/mol. The number of nitrogens with one attached hydrogen (secondary N) is 1. The molecule has 0 aromatic heterocycles. The molecule has 2 rings (SSSR count). The Bertz CT molecular complexity index is 205. The first-order valence-corrected chi connectivity index (χ1v) is 6.63. The van der Waals surface area contributed by atoms with E-state index in [9.17, 15) is 0 Å². The Morgan fingerprint density at radius 3 is 2.93 bits per heavy atom. The summed E-state index contributed by atoms with van der Waals surface area (Å²) < 4.78 is 5.76. The molecule has 15 heavy (non-hydrogen) atoms. The van der Waals surface area contributed by atoms with Crippen molar-refractivity contribution in [2.45, 2.75) is 52.1 Å². The Hall–Kier alpha value is -0.0800. The van der Waals surface area contributed by atoms with Crippen molar-refractivity contribution in [2.24, 2.45) is 11.3 Å². The molecule has 0 aromatic carbocycles. The van der Waals surface area contributed by atoms with Crippen LogP contribution in [0.4, 0.5) is 0 Å². The van der Waals surface area contributed by atoms with E-state index in [1.165, 1.54) is 45.2 Å². The average Bonchev–Trinajstić information content (AvgIpc) is 2.91. The molecule has 88 valence electrons. The van der Waals surface area contributed by atoms with Crippen molar-refractivity contribution in [1.82, 2.24) is 5.32 Å². The first-order valence-electron chi connectivity index (χ1n) is 6.63. The molecule has 2 aliphatic rings. The van der Waals surface area contributed by atoms with E-state index in [1.807, 2.05) is 0 Å². The maximum absolute atomic E-state index is 5.76. The van der Waals surface area contributed by atoms with Gasteiger partial charge in [0.1, 0.15) is 0 Å². The minimum Gasteiger partial charge on any atom is -0.378 e. The van der Waals surface area contributed by atoms with E-state index < -0.39 is 0 Å². The Balaban J connectivity index is 1.74. The summed E-state index contributed by atoms with van der Waals surface area (Å²) in [5, 5.41) is 3.56. The highest BCUT2D eigenvalue weighted by atomic mass is 16.5. The Morgan fingerprint density at radius 1 is 1.33 bits per heavy atom. The van der Waals surface area contributed by atoms with Gasteiger partial charge in [-0.1, -0.05) is 13.8 Å². The normalized spacial score (nSPS) is 39.6. The molecule has 1 spiro atoms. The summed E-state index contributed by atoms with van der Waals surface area (Å²) in [6.45, 7) is 7.90. The third-order valence-corrected chi connectivity index (χ3v) is 4.22. The summed E-state index contributed by atoms with van der Waals surface area (Å²) in [6.07, 6.45) is 7.07. The van der Waals surface area contributed by atoms with Gasteiger partial charge in [0.25, 0.3) is 0 Å². The second kappa shape index (κ2) is 4.84. The second-order valence-electron chi connectivity index (χ2n) is 5.32. The lowest BCUT2D eigenvalue weighted by Gasteiger charge is -2.30. The van der Waals surface area contributed by atoms with Gasteiger partial charge in [0, 0.05) is 6.61 Å². The molecule has 3 atom stereocenters. The van der Waals surface area contributed by atoms with Crippen molar-refractivity contribution in [3.05, 3.63) is 0 Å². The van der Waals surface area contributed by atoms with Gasteiger partial charge in [0.2, 0.25) is 0 Å². The van der Waals surface area contributed by atoms with Crippen LogP contribution in [-0.4, -0.2) is 25.8 Å². The number of ether oxygens (including phenoxy) is 1. The first-order chi connectivity index (χ1) is 7.30. The van der Waals surface area contributed by atoms with Crippen LogP contribution in [0.3, 0.4) is 0 Å². The molecule has 0 aromatic rings. The third kappa shape index (κ3) is 2.54. The van der Waals surface area contributed by atoms with Crippen molar-refractivity contribution in [3.8, 4) is 0 Å². The quantitative estimate of drug-likeness (QED) is 0.706. The van der Waals surface area contributed by atoms with E-state index in [2.05, 4.69) is 19.2 Å². The lowest BCUT2D eigenvalue weighted by atomic mass is 9.89. The van der Waals surface area contributed by atoms with Crippen molar-refractivity contribution in [2.75, 3.05) is 19.7 Å². The summed E-state index contributed by atoms with van der Waals surface area (Å²) >= 11 is 0. The molecule has 0 radical (unpaired) electrons. The highest BCUT2D eigenvalue weighted by Gasteiger charge is 2.55. The van der Waals surface area contributed by atoms with Gasteiger partial charge >= 0.3 is 0 Å². The molecule has 2 nitrogen and oxygen atoms in total. The lowest BCUT2D eigenvalue weighted by Crippen LogP contribution is -2.29. The van der Waals surface area contributed by atoms with Crippen LogP contribution in [0.25, 0.3) is 0 Å². The summed E-state index contributed by atoms with van der Waals surface area (Å²) in [5.41, 5.74) is 0.680. The molecule has 1 saturated heterocycles. The summed E-state index contributed by atoms with van der Waals surface area (Å²) in [6, 6.07) is 0. The van der Waals surface area contributed by atoms with Crippen molar-refractivity contribution >= 4 is 0 Å². The van der Waals surface area contributed by atoms with E-state index in [4.69, 9.17) is 4.74 Å². The lowest BCUT2D eigenvalue weighted by molar-refractivity contribution is -0.0219. The molecule has 1 heterocycles. The van der Waals surface area contributed by atoms with Gasteiger partial charge in [0.15, 0.2) is 0 Å². The van der Waals surface area contributed by atoms with Crippen LogP contribution in [0, 0.1) is 11.3 Å². The third-order valence-electron chi connectivity index (χ3n) is 4.22. The van der Waals surface area contributed by atoms with Crippen LogP contribution in [0.2, 0.25) is 0 Å². The molecular formula is C13H25NO. The Morgan fingerprint density at radius 2 is 2.20 bits per heavy atom. The average molecular weight is 211 g/mol. The van der Waals surface area contributed by atoms with Crippen molar-refractivity contribution in [1.29, 1.82) is 0 Å². The second-order valence-corrected chi connectivity index (χ2v) is 5.32. The fourth-order valence-corrected chi connectivity index (χ4v) is 3.04. The minimum absolute atomic E-state index is 0.551.